The number of carbonyl (C=O) groups excluding carboxylic acids is 1. The lowest BCUT2D eigenvalue weighted by Gasteiger charge is -2.35. The van der Waals surface area contributed by atoms with Crippen molar-refractivity contribution in [3.63, 3.8) is 0 Å². The molecule has 134 valence electrons. The Morgan fingerprint density at radius 1 is 1.20 bits per heavy atom. The van der Waals surface area contributed by atoms with E-state index in [9.17, 15) is 4.79 Å². The maximum atomic E-state index is 12.7. The van der Waals surface area contributed by atoms with Gasteiger partial charge in [0.2, 0.25) is 0 Å². The van der Waals surface area contributed by atoms with E-state index < -0.39 is 0 Å². The van der Waals surface area contributed by atoms with Gasteiger partial charge in [0.15, 0.2) is 0 Å². The zero-order valence-corrected chi connectivity index (χ0v) is 15.7. The van der Waals surface area contributed by atoms with E-state index in [4.69, 9.17) is 5.73 Å². The minimum absolute atomic E-state index is 0.0203. The Kier molecular flexibility index (Phi) is 5.71. The first-order valence-corrected chi connectivity index (χ1v) is 9.73. The molecular formula is C19H26N4OS. The van der Waals surface area contributed by atoms with Crippen LogP contribution in [0.15, 0.2) is 35.7 Å². The fraction of sp³-hybridized carbons (Fsp3) is 0.474. The van der Waals surface area contributed by atoms with Gasteiger partial charge in [0.1, 0.15) is 10.7 Å². The predicted octanol–water partition coefficient (Wildman–Crippen LogP) is 3.15. The summed E-state index contributed by atoms with van der Waals surface area (Å²) in [5, 5.41) is 2.71. The molecule has 2 N–H and O–H groups in total. The zero-order chi connectivity index (χ0) is 17.8. The lowest BCUT2D eigenvalue weighted by Crippen LogP contribution is -2.48. The molecule has 25 heavy (non-hydrogen) atoms. The highest BCUT2D eigenvalue weighted by Gasteiger charge is 2.24. The monoisotopic (exact) mass is 358 g/mol. The first kappa shape index (κ1) is 17.9. The minimum atomic E-state index is -0.0820. The van der Waals surface area contributed by atoms with Crippen LogP contribution in [0.2, 0.25) is 0 Å². The molecule has 5 nitrogen and oxygen atoms in total. The average Bonchev–Trinajstić information content (AvgIpc) is 3.12. The minimum Gasteiger partial charge on any atom is -0.368 e. The van der Waals surface area contributed by atoms with Gasteiger partial charge in [-0.25, -0.2) is 4.98 Å². The van der Waals surface area contributed by atoms with Crippen LogP contribution in [-0.4, -0.2) is 42.0 Å². The lowest BCUT2D eigenvalue weighted by molar-refractivity contribution is 0.0741. The molecule has 1 aliphatic rings. The van der Waals surface area contributed by atoms with Crippen LogP contribution in [0.5, 0.6) is 0 Å². The third-order valence-electron chi connectivity index (χ3n) is 4.47. The summed E-state index contributed by atoms with van der Waals surface area (Å²) in [6.45, 7) is 7.42. The average molecular weight is 359 g/mol. The van der Waals surface area contributed by atoms with E-state index in [1.807, 2.05) is 28.5 Å². The van der Waals surface area contributed by atoms with Crippen molar-refractivity contribution in [3.05, 3.63) is 46.4 Å². The van der Waals surface area contributed by atoms with Crippen molar-refractivity contribution in [2.45, 2.75) is 26.3 Å². The Morgan fingerprint density at radius 3 is 2.52 bits per heavy atom. The van der Waals surface area contributed by atoms with Gasteiger partial charge in [-0.05, 0) is 24.5 Å². The Bertz CT molecular complexity index is 692. The summed E-state index contributed by atoms with van der Waals surface area (Å²) in [6.07, 6.45) is 0.886. The zero-order valence-electron chi connectivity index (χ0n) is 14.9. The van der Waals surface area contributed by atoms with Gasteiger partial charge in [-0.2, -0.15) is 0 Å². The summed E-state index contributed by atoms with van der Waals surface area (Å²) in [6, 6.07) is 10.3. The molecule has 1 aliphatic heterocycles. The molecule has 0 radical (unpaired) electrons. The van der Waals surface area contributed by atoms with E-state index in [1.54, 1.807) is 0 Å². The number of rotatable bonds is 5. The molecule has 2 heterocycles. The number of nitrogens with two attached hydrogens (primary N) is 1. The number of hydrogen-bond acceptors (Lipinski definition) is 5. The van der Waals surface area contributed by atoms with Gasteiger partial charge >= 0.3 is 0 Å². The number of thiazole rings is 1. The molecule has 1 amide bonds. The number of benzene rings is 1. The molecule has 6 heteroatoms. The van der Waals surface area contributed by atoms with E-state index in [0.717, 1.165) is 37.6 Å². The van der Waals surface area contributed by atoms with Crippen molar-refractivity contribution in [3.8, 4) is 0 Å². The van der Waals surface area contributed by atoms with Crippen LogP contribution < -0.4 is 10.6 Å². The smallest absolute Gasteiger partial charge is 0.273 e. The first-order chi connectivity index (χ1) is 12.0. The first-order valence-electron chi connectivity index (χ1n) is 8.85. The second-order valence-electron chi connectivity index (χ2n) is 6.92. The van der Waals surface area contributed by atoms with E-state index in [-0.39, 0.29) is 11.9 Å². The molecule has 2 aromatic rings. The SMILES string of the molecule is CC(C)CC(N)c1nc(C(=O)N2CCN(c3ccccc3)CC2)cs1. The highest BCUT2D eigenvalue weighted by molar-refractivity contribution is 7.09. The Balaban J connectivity index is 1.59. The quantitative estimate of drug-likeness (QED) is 0.892. The van der Waals surface area contributed by atoms with Gasteiger partial charge in [-0.15, -0.1) is 11.3 Å². The molecule has 3 rings (SSSR count). The molecule has 1 fully saturated rings. The summed E-state index contributed by atoms with van der Waals surface area (Å²) in [4.78, 5) is 21.4. The third kappa shape index (κ3) is 4.38. The maximum Gasteiger partial charge on any atom is 0.273 e. The van der Waals surface area contributed by atoms with E-state index >= 15 is 0 Å². The number of hydrogen-bond donors (Lipinski definition) is 1. The Labute approximate surface area is 153 Å². The molecule has 0 aliphatic carbocycles. The van der Waals surface area contributed by atoms with Crippen LogP contribution in [0.25, 0.3) is 0 Å². The molecular weight excluding hydrogens is 332 g/mol. The van der Waals surface area contributed by atoms with Crippen LogP contribution in [0.3, 0.4) is 0 Å². The van der Waals surface area contributed by atoms with Gasteiger partial charge in [0.05, 0.1) is 6.04 Å². The van der Waals surface area contributed by atoms with Gasteiger partial charge in [-0.1, -0.05) is 32.0 Å². The van der Waals surface area contributed by atoms with Crippen molar-refractivity contribution in [2.24, 2.45) is 11.7 Å². The second kappa shape index (κ2) is 7.97. The molecule has 1 unspecified atom stereocenters. The molecule has 1 aromatic heterocycles. The summed E-state index contributed by atoms with van der Waals surface area (Å²) >= 11 is 1.50. The highest BCUT2D eigenvalue weighted by Crippen LogP contribution is 2.23. The molecule has 1 saturated heterocycles. The fourth-order valence-electron chi connectivity index (χ4n) is 3.13. The third-order valence-corrected chi connectivity index (χ3v) is 5.45. The van der Waals surface area contributed by atoms with Crippen molar-refractivity contribution in [2.75, 3.05) is 31.1 Å². The van der Waals surface area contributed by atoms with E-state index in [1.165, 1.54) is 17.0 Å². The predicted molar refractivity (Wildman–Crippen MR) is 103 cm³/mol. The van der Waals surface area contributed by atoms with Crippen molar-refractivity contribution in [1.29, 1.82) is 0 Å². The maximum absolute atomic E-state index is 12.7. The summed E-state index contributed by atoms with van der Waals surface area (Å²) in [5.74, 6) is 0.538. The molecule has 1 aromatic carbocycles. The van der Waals surface area contributed by atoms with Crippen molar-refractivity contribution < 1.29 is 4.79 Å². The number of nitrogens with zero attached hydrogens (tertiary/aromatic N) is 3. The second-order valence-corrected chi connectivity index (χ2v) is 7.81. The van der Waals surface area contributed by atoms with E-state index in [0.29, 0.717) is 11.6 Å². The summed E-state index contributed by atoms with van der Waals surface area (Å²) in [5.41, 5.74) is 7.93. The van der Waals surface area contributed by atoms with Crippen molar-refractivity contribution in [1.82, 2.24) is 9.88 Å². The molecule has 0 spiro atoms. The number of carbonyl (C=O) groups is 1. The normalized spacial score (nSPS) is 16.3. The van der Waals surface area contributed by atoms with Gasteiger partial charge in [0, 0.05) is 37.2 Å². The Morgan fingerprint density at radius 2 is 1.88 bits per heavy atom. The molecule has 1 atom stereocenters. The fourth-order valence-corrected chi connectivity index (χ4v) is 3.94. The van der Waals surface area contributed by atoms with Crippen LogP contribution in [-0.2, 0) is 0 Å². The van der Waals surface area contributed by atoms with Crippen LogP contribution >= 0.6 is 11.3 Å². The van der Waals surface area contributed by atoms with Gasteiger partial charge < -0.3 is 15.5 Å². The van der Waals surface area contributed by atoms with Gasteiger partial charge in [-0.3, -0.25) is 4.79 Å². The Hall–Kier alpha value is -1.92. The summed E-state index contributed by atoms with van der Waals surface area (Å²) < 4.78 is 0. The highest BCUT2D eigenvalue weighted by atomic mass is 32.1. The topological polar surface area (TPSA) is 62.5 Å². The van der Waals surface area contributed by atoms with Crippen LogP contribution in [0.1, 0.15) is 41.8 Å². The summed E-state index contributed by atoms with van der Waals surface area (Å²) in [7, 11) is 0. The van der Waals surface area contributed by atoms with Crippen molar-refractivity contribution >= 4 is 22.9 Å². The number of amides is 1. The van der Waals surface area contributed by atoms with E-state index in [2.05, 4.69) is 35.9 Å². The number of anilines is 1. The van der Waals surface area contributed by atoms with Crippen LogP contribution in [0, 0.1) is 5.92 Å². The van der Waals surface area contributed by atoms with Crippen LogP contribution in [0.4, 0.5) is 5.69 Å². The number of aromatic nitrogens is 1. The van der Waals surface area contributed by atoms with Gasteiger partial charge in [0.25, 0.3) is 5.91 Å². The number of para-hydroxylation sites is 1. The standard InChI is InChI=1S/C19H26N4OS/c1-14(2)12-16(20)18-21-17(13-25-18)19(24)23-10-8-22(9-11-23)15-6-4-3-5-7-15/h3-7,13-14,16H,8-12,20H2,1-2H3. The lowest BCUT2D eigenvalue weighted by atomic mass is 10.1. The number of piperazine rings is 1. The molecule has 0 bridgehead atoms. The molecule has 0 saturated carbocycles. The largest absolute Gasteiger partial charge is 0.368 e.